The van der Waals surface area contributed by atoms with E-state index < -0.39 is 5.97 Å². The van der Waals surface area contributed by atoms with E-state index in [4.69, 9.17) is 16.4 Å². The molecule has 0 aliphatic heterocycles. The molecule has 0 atom stereocenters. The molecule has 0 amide bonds. The molecule has 0 unspecified atom stereocenters. The van der Waals surface area contributed by atoms with Gasteiger partial charge in [0.25, 0.3) is 0 Å². The molecule has 0 bridgehead atoms. The molecule has 0 saturated heterocycles. The second kappa shape index (κ2) is 6.25. The summed E-state index contributed by atoms with van der Waals surface area (Å²) in [6.07, 6.45) is -0.138. The van der Waals surface area contributed by atoms with Crippen LogP contribution in [-0.4, -0.2) is 24.9 Å². The van der Waals surface area contributed by atoms with E-state index >= 15 is 0 Å². The number of benzene rings is 1. The largest absolute Gasteiger partial charge is 0.464 e. The van der Waals surface area contributed by atoms with Crippen LogP contribution >= 0.6 is 11.6 Å². The molecule has 17 heavy (non-hydrogen) atoms. The van der Waals surface area contributed by atoms with Crippen LogP contribution in [0.3, 0.4) is 0 Å². The van der Waals surface area contributed by atoms with E-state index in [-0.39, 0.29) is 11.8 Å². The van der Waals surface area contributed by atoms with Crippen LogP contribution in [0, 0.1) is 6.07 Å². The standard InChI is InChI=1S/C12H13ClNO3/c1-8(2)17-14-11(12(15)16-3)9-6-4-5-7-10(9)13/h5-8H,1-3H3. The molecular weight excluding hydrogens is 242 g/mol. The molecule has 0 N–H and O–H groups in total. The van der Waals surface area contributed by atoms with Gasteiger partial charge in [0.1, 0.15) is 6.10 Å². The van der Waals surface area contributed by atoms with Gasteiger partial charge < -0.3 is 9.57 Å². The quantitative estimate of drug-likeness (QED) is 0.471. The lowest BCUT2D eigenvalue weighted by molar-refractivity contribution is -0.132. The SMILES string of the molecule is COC(=O)C(=NOC(C)C)c1c[c]ccc1Cl. The normalized spacial score (nSPS) is 11.5. The summed E-state index contributed by atoms with van der Waals surface area (Å²) in [7, 11) is 1.27. The van der Waals surface area contributed by atoms with Crippen LogP contribution in [-0.2, 0) is 14.4 Å². The van der Waals surface area contributed by atoms with Gasteiger partial charge in [0, 0.05) is 5.56 Å². The molecular formula is C12H13ClNO3. The number of carbonyl (C=O) groups is 1. The first kappa shape index (κ1) is 13.5. The number of oxime groups is 1. The third kappa shape index (κ3) is 3.75. The number of nitrogens with zero attached hydrogens (tertiary/aromatic N) is 1. The first-order valence-electron chi connectivity index (χ1n) is 5.04. The molecule has 4 nitrogen and oxygen atoms in total. The van der Waals surface area contributed by atoms with Crippen LogP contribution in [0.5, 0.6) is 0 Å². The van der Waals surface area contributed by atoms with Crippen molar-refractivity contribution >= 4 is 23.3 Å². The predicted molar refractivity (Wildman–Crippen MR) is 65.1 cm³/mol. The molecule has 91 valence electrons. The van der Waals surface area contributed by atoms with Gasteiger partial charge in [-0.2, -0.15) is 0 Å². The Morgan fingerprint density at radius 1 is 1.53 bits per heavy atom. The van der Waals surface area contributed by atoms with E-state index in [0.29, 0.717) is 10.6 Å². The van der Waals surface area contributed by atoms with E-state index in [1.807, 2.05) is 0 Å². The van der Waals surface area contributed by atoms with Gasteiger partial charge in [0.05, 0.1) is 12.1 Å². The number of hydrogen-bond donors (Lipinski definition) is 0. The van der Waals surface area contributed by atoms with Gasteiger partial charge in [-0.1, -0.05) is 22.8 Å². The number of rotatable bonds is 4. The highest BCUT2D eigenvalue weighted by Crippen LogP contribution is 2.16. The molecule has 0 aliphatic rings. The molecule has 1 aromatic carbocycles. The van der Waals surface area contributed by atoms with Crippen molar-refractivity contribution in [3.63, 3.8) is 0 Å². The highest BCUT2D eigenvalue weighted by atomic mass is 35.5. The van der Waals surface area contributed by atoms with Crippen LogP contribution in [0.2, 0.25) is 5.02 Å². The molecule has 0 heterocycles. The molecule has 1 aromatic rings. The maximum Gasteiger partial charge on any atom is 0.360 e. The Balaban J connectivity index is 3.11. The second-order valence-electron chi connectivity index (χ2n) is 3.49. The maximum absolute atomic E-state index is 11.6. The van der Waals surface area contributed by atoms with Gasteiger partial charge in [0.2, 0.25) is 0 Å². The van der Waals surface area contributed by atoms with E-state index in [1.54, 1.807) is 32.0 Å². The highest BCUT2D eigenvalue weighted by Gasteiger charge is 2.18. The van der Waals surface area contributed by atoms with Gasteiger partial charge in [-0.05, 0) is 32.0 Å². The summed E-state index contributed by atoms with van der Waals surface area (Å²) in [4.78, 5) is 16.6. The lowest BCUT2D eigenvalue weighted by Crippen LogP contribution is -2.19. The Hall–Kier alpha value is -1.55. The number of carbonyl (C=O) groups excluding carboxylic acids is 1. The summed E-state index contributed by atoms with van der Waals surface area (Å²) in [6, 6.07) is 7.64. The van der Waals surface area contributed by atoms with Crippen molar-refractivity contribution in [2.24, 2.45) is 5.16 Å². The maximum atomic E-state index is 11.6. The van der Waals surface area contributed by atoms with Crippen LogP contribution in [0.4, 0.5) is 0 Å². The molecule has 1 rings (SSSR count). The molecule has 0 fully saturated rings. The monoisotopic (exact) mass is 254 g/mol. The topological polar surface area (TPSA) is 47.9 Å². The third-order valence-corrected chi connectivity index (χ3v) is 2.13. The zero-order valence-electron chi connectivity index (χ0n) is 9.86. The average Bonchev–Trinajstić information content (AvgIpc) is 2.30. The molecule has 1 radical (unpaired) electrons. The Morgan fingerprint density at radius 3 is 2.76 bits per heavy atom. The molecule has 0 aliphatic carbocycles. The van der Waals surface area contributed by atoms with Crippen molar-refractivity contribution in [1.82, 2.24) is 0 Å². The van der Waals surface area contributed by atoms with E-state index in [9.17, 15) is 4.79 Å². The van der Waals surface area contributed by atoms with Crippen molar-refractivity contribution in [3.05, 3.63) is 34.9 Å². The smallest absolute Gasteiger partial charge is 0.360 e. The van der Waals surface area contributed by atoms with E-state index in [0.717, 1.165) is 0 Å². The van der Waals surface area contributed by atoms with Crippen LogP contribution in [0.15, 0.2) is 23.4 Å². The average molecular weight is 255 g/mol. The fraction of sp³-hybridized carbons (Fsp3) is 0.333. The highest BCUT2D eigenvalue weighted by molar-refractivity contribution is 6.47. The Kier molecular flexibility index (Phi) is 4.97. The van der Waals surface area contributed by atoms with Gasteiger partial charge in [0.15, 0.2) is 5.71 Å². The summed E-state index contributed by atoms with van der Waals surface area (Å²) in [6.45, 7) is 3.61. The number of methoxy groups -OCH3 is 1. The minimum absolute atomic E-state index is 0.0306. The number of halogens is 1. The molecule has 0 spiro atoms. The van der Waals surface area contributed by atoms with Crippen LogP contribution in [0.25, 0.3) is 0 Å². The van der Waals surface area contributed by atoms with Crippen LogP contribution in [0.1, 0.15) is 19.4 Å². The van der Waals surface area contributed by atoms with Crippen molar-refractivity contribution in [3.8, 4) is 0 Å². The number of ether oxygens (including phenoxy) is 1. The first-order chi connectivity index (χ1) is 8.06. The summed E-state index contributed by atoms with van der Waals surface area (Å²) in [5.41, 5.74) is 0.463. The van der Waals surface area contributed by atoms with Gasteiger partial charge in [-0.15, -0.1) is 0 Å². The molecule has 0 aromatic heterocycles. The Morgan fingerprint density at radius 2 is 2.24 bits per heavy atom. The number of esters is 1. The minimum atomic E-state index is -0.604. The predicted octanol–water partition coefficient (Wildman–Crippen LogP) is 2.44. The third-order valence-electron chi connectivity index (χ3n) is 1.80. The molecule has 5 heteroatoms. The van der Waals surface area contributed by atoms with E-state index in [1.165, 1.54) is 7.11 Å². The lowest BCUT2D eigenvalue weighted by atomic mass is 10.1. The Labute approximate surface area is 105 Å². The second-order valence-corrected chi connectivity index (χ2v) is 3.90. The zero-order valence-corrected chi connectivity index (χ0v) is 10.6. The van der Waals surface area contributed by atoms with Crippen molar-refractivity contribution in [2.45, 2.75) is 20.0 Å². The molecule has 0 saturated carbocycles. The van der Waals surface area contributed by atoms with E-state index in [2.05, 4.69) is 16.0 Å². The minimum Gasteiger partial charge on any atom is -0.464 e. The van der Waals surface area contributed by atoms with Gasteiger partial charge in [-0.3, -0.25) is 0 Å². The summed E-state index contributed by atoms with van der Waals surface area (Å²) in [5, 5.41) is 4.15. The number of hydrogen-bond acceptors (Lipinski definition) is 4. The van der Waals surface area contributed by atoms with Crippen molar-refractivity contribution in [1.29, 1.82) is 0 Å². The van der Waals surface area contributed by atoms with Gasteiger partial charge >= 0.3 is 5.97 Å². The van der Waals surface area contributed by atoms with Crippen molar-refractivity contribution < 1.29 is 14.4 Å². The summed E-state index contributed by atoms with van der Waals surface area (Å²) in [5.74, 6) is -0.604. The summed E-state index contributed by atoms with van der Waals surface area (Å²) < 4.78 is 4.63. The van der Waals surface area contributed by atoms with Crippen molar-refractivity contribution in [2.75, 3.05) is 7.11 Å². The fourth-order valence-corrected chi connectivity index (χ4v) is 1.25. The van der Waals surface area contributed by atoms with Gasteiger partial charge in [-0.25, -0.2) is 4.79 Å². The van der Waals surface area contributed by atoms with Crippen LogP contribution < -0.4 is 0 Å². The lowest BCUT2D eigenvalue weighted by Gasteiger charge is -2.08. The summed E-state index contributed by atoms with van der Waals surface area (Å²) >= 11 is 5.97. The zero-order chi connectivity index (χ0) is 12.8. The fourth-order valence-electron chi connectivity index (χ4n) is 1.04. The first-order valence-corrected chi connectivity index (χ1v) is 5.42. The Bertz CT molecular complexity index is 430.